The van der Waals surface area contributed by atoms with Crippen LogP contribution in [0, 0.1) is 5.92 Å². The third-order valence-corrected chi connectivity index (χ3v) is 16.5. The van der Waals surface area contributed by atoms with Gasteiger partial charge < -0.3 is 48.7 Å². The summed E-state index contributed by atoms with van der Waals surface area (Å²) in [5.74, 6) is -6.40. The molecule has 1 saturated carbocycles. The monoisotopic (exact) mass is 1030 g/mol. The van der Waals surface area contributed by atoms with Gasteiger partial charge in [0.1, 0.15) is 35.9 Å². The first-order valence-corrected chi connectivity index (χ1v) is 26.4. The molecular weight excluding hydrogens is 969 g/mol. The van der Waals surface area contributed by atoms with Gasteiger partial charge in [0.15, 0.2) is 0 Å². The Bertz CT molecular complexity index is 2750. The molecule has 376 valence electrons. The maximum absolute atomic E-state index is 15.4. The standard InChI is InChI=1S/C48H58N12O8S3/c49-30-21-41(62)52-17-7-6-12-31(43(51)63)53-45(65)32(19-27-25-70-36-13-5-4-11-29(27)36)55-47(67)35-20-28(60-24-34(57-58-60)37-15-16-39(71-37)38-14-8-18-69-38)23-59(35)48(68)42(26-9-2-1-3-10-26)56-46(66)33(22-40(50)61)54-44(30)64/h4-5,8,11,13-16,18,24-26,28,30-33,35,42H,1-3,6-7,9-10,12,17,19-23,49H2,(H2,50,61)(H2,51,63)(H,52,62)(H,53,65)(H,54,64)(H,55,67)(H,56,66)/t28-,30-,31-,32-,33?,35-,42-/m0/s1. The zero-order valence-electron chi connectivity index (χ0n) is 38.9. The topological polar surface area (TPSA) is 309 Å². The number of nitrogens with zero attached hydrogens (tertiary/aromatic N) is 4. The van der Waals surface area contributed by atoms with E-state index in [1.54, 1.807) is 33.6 Å². The number of nitrogens with two attached hydrogens (primary N) is 3. The highest BCUT2D eigenvalue weighted by molar-refractivity contribution is 7.23. The highest BCUT2D eigenvalue weighted by Gasteiger charge is 2.46. The van der Waals surface area contributed by atoms with Crippen LogP contribution < -0.4 is 43.8 Å². The number of aromatic nitrogens is 3. The van der Waals surface area contributed by atoms with Crippen molar-refractivity contribution in [2.75, 3.05) is 13.1 Å². The fourth-order valence-electron chi connectivity index (χ4n) is 9.57. The summed E-state index contributed by atoms with van der Waals surface area (Å²) in [6, 6.07) is 7.25. The molecule has 4 aromatic heterocycles. The second-order valence-electron chi connectivity index (χ2n) is 18.4. The van der Waals surface area contributed by atoms with Crippen LogP contribution in [0.1, 0.15) is 82.2 Å². The summed E-state index contributed by atoms with van der Waals surface area (Å²) < 4.78 is 2.59. The lowest BCUT2D eigenvalue weighted by atomic mass is 9.83. The van der Waals surface area contributed by atoms with Gasteiger partial charge in [0.2, 0.25) is 47.3 Å². The van der Waals surface area contributed by atoms with Crippen LogP contribution in [0.25, 0.3) is 30.4 Å². The molecule has 20 nitrogen and oxygen atoms in total. The molecule has 5 aromatic rings. The normalized spacial score (nSPS) is 25.1. The third-order valence-electron chi connectivity index (χ3n) is 13.4. The first-order valence-electron chi connectivity index (χ1n) is 23.8. The molecule has 71 heavy (non-hydrogen) atoms. The van der Waals surface area contributed by atoms with Crippen LogP contribution in [0.15, 0.2) is 65.5 Å². The van der Waals surface area contributed by atoms with E-state index in [4.69, 9.17) is 17.2 Å². The maximum Gasteiger partial charge on any atom is 0.246 e. The predicted molar refractivity (Wildman–Crippen MR) is 268 cm³/mol. The zero-order chi connectivity index (χ0) is 50.2. The minimum atomic E-state index is -1.56. The first kappa shape index (κ1) is 50.8. The minimum absolute atomic E-state index is 0.0275. The number of rotatable bonds is 9. The molecule has 1 aliphatic carbocycles. The van der Waals surface area contributed by atoms with Gasteiger partial charge >= 0.3 is 0 Å². The van der Waals surface area contributed by atoms with Crippen molar-refractivity contribution in [2.24, 2.45) is 23.1 Å². The van der Waals surface area contributed by atoms with Crippen LogP contribution in [-0.4, -0.2) is 116 Å². The van der Waals surface area contributed by atoms with Gasteiger partial charge in [-0.25, -0.2) is 4.68 Å². The number of primary amides is 2. The minimum Gasteiger partial charge on any atom is -0.370 e. The van der Waals surface area contributed by atoms with Crippen LogP contribution in [0.2, 0.25) is 0 Å². The molecule has 1 unspecified atom stereocenters. The van der Waals surface area contributed by atoms with Crippen LogP contribution in [0.5, 0.6) is 0 Å². The molecule has 11 N–H and O–H groups in total. The number of amides is 8. The molecule has 2 saturated heterocycles. The van der Waals surface area contributed by atoms with Crippen molar-refractivity contribution < 1.29 is 38.4 Å². The Morgan fingerprint density at radius 1 is 0.761 bits per heavy atom. The summed E-state index contributed by atoms with van der Waals surface area (Å²) in [7, 11) is 0. The molecule has 0 radical (unpaired) electrons. The van der Waals surface area contributed by atoms with E-state index in [0.29, 0.717) is 31.4 Å². The van der Waals surface area contributed by atoms with Gasteiger partial charge in [0, 0.05) is 40.4 Å². The SMILES string of the molecule is NC(=O)CC1NC(=O)[C@@H](N)CC(=O)NCCCC[C@@H](C(N)=O)NC(=O)[C@H](Cc2csc3ccccc23)NC(=O)[C@@H]2C[C@H](n3cc(-c4ccc(-c5cccs5)s4)nn3)CN2C(=O)[C@H](C2CCCCC2)NC1=O. The summed E-state index contributed by atoms with van der Waals surface area (Å²) in [6.07, 6.45) is 5.07. The molecule has 1 aromatic carbocycles. The summed E-state index contributed by atoms with van der Waals surface area (Å²) >= 11 is 4.65. The summed E-state index contributed by atoms with van der Waals surface area (Å²) in [6.45, 7) is 0.0942. The van der Waals surface area contributed by atoms with E-state index in [1.165, 1.54) is 16.2 Å². The lowest BCUT2D eigenvalue weighted by Crippen LogP contribution is -2.61. The Kier molecular flexibility index (Phi) is 16.5. The Hall–Kier alpha value is -6.56. The maximum atomic E-state index is 15.4. The molecule has 3 aliphatic rings. The lowest BCUT2D eigenvalue weighted by Gasteiger charge is -2.35. The van der Waals surface area contributed by atoms with E-state index in [2.05, 4.69) is 36.9 Å². The Morgan fingerprint density at radius 2 is 1.51 bits per heavy atom. The molecule has 7 atom stereocenters. The van der Waals surface area contributed by atoms with Crippen molar-refractivity contribution in [3.8, 4) is 20.3 Å². The fourth-order valence-corrected chi connectivity index (χ4v) is 12.3. The smallest absolute Gasteiger partial charge is 0.246 e. The van der Waals surface area contributed by atoms with E-state index >= 15 is 9.59 Å². The number of benzene rings is 1. The van der Waals surface area contributed by atoms with E-state index in [9.17, 15) is 28.8 Å². The Morgan fingerprint density at radius 3 is 2.27 bits per heavy atom. The second kappa shape index (κ2) is 23.1. The van der Waals surface area contributed by atoms with Gasteiger partial charge in [0.05, 0.1) is 36.0 Å². The number of hydrogen-bond donors (Lipinski definition) is 8. The summed E-state index contributed by atoms with van der Waals surface area (Å²) in [4.78, 5) is 115. The van der Waals surface area contributed by atoms with Crippen molar-refractivity contribution in [3.05, 3.63) is 71.1 Å². The number of fused-ring (bicyclic) bond motifs is 2. The van der Waals surface area contributed by atoms with Crippen LogP contribution in [0.3, 0.4) is 0 Å². The van der Waals surface area contributed by atoms with Crippen molar-refractivity contribution in [1.29, 1.82) is 0 Å². The number of carbonyl (C=O) groups is 8. The predicted octanol–water partition coefficient (Wildman–Crippen LogP) is 2.23. The summed E-state index contributed by atoms with van der Waals surface area (Å²) in [5, 5.41) is 27.5. The van der Waals surface area contributed by atoms with Crippen molar-refractivity contribution in [2.45, 2.75) is 119 Å². The second-order valence-corrected chi connectivity index (χ2v) is 21.3. The Balaban J connectivity index is 1.16. The molecule has 0 bridgehead atoms. The number of thiophene rings is 3. The highest BCUT2D eigenvalue weighted by Crippen LogP contribution is 2.37. The number of hydrogen-bond acceptors (Lipinski definition) is 14. The van der Waals surface area contributed by atoms with Gasteiger partial charge in [0.25, 0.3) is 0 Å². The highest BCUT2D eigenvalue weighted by atomic mass is 32.1. The molecule has 6 heterocycles. The molecule has 2 aliphatic heterocycles. The molecule has 0 spiro atoms. The van der Waals surface area contributed by atoms with Crippen LogP contribution in [0.4, 0.5) is 0 Å². The Labute approximate surface area is 421 Å². The van der Waals surface area contributed by atoms with Crippen molar-refractivity contribution >= 4 is 91.4 Å². The average molecular weight is 1030 g/mol. The quantitative estimate of drug-likeness (QED) is 0.106. The van der Waals surface area contributed by atoms with Crippen LogP contribution >= 0.6 is 34.0 Å². The number of nitrogens with one attached hydrogen (secondary N) is 5. The average Bonchev–Trinajstić information content (AvgIpc) is 4.22. The molecule has 3 fully saturated rings. The fraction of sp³-hybridized carbons (Fsp3) is 0.458. The van der Waals surface area contributed by atoms with E-state index in [-0.39, 0.29) is 32.4 Å². The number of carbonyl (C=O) groups excluding carboxylic acids is 8. The van der Waals surface area contributed by atoms with E-state index in [1.807, 2.05) is 59.3 Å². The molecule has 8 rings (SSSR count). The van der Waals surface area contributed by atoms with E-state index < -0.39 is 108 Å². The third kappa shape index (κ3) is 12.5. The van der Waals surface area contributed by atoms with Gasteiger partial charge in [-0.05, 0) is 84.0 Å². The van der Waals surface area contributed by atoms with Crippen molar-refractivity contribution in [3.63, 3.8) is 0 Å². The molecule has 23 heteroatoms. The van der Waals surface area contributed by atoms with Gasteiger partial charge in [-0.15, -0.1) is 39.1 Å². The van der Waals surface area contributed by atoms with Gasteiger partial charge in [-0.1, -0.05) is 48.7 Å². The lowest BCUT2D eigenvalue weighted by molar-refractivity contribution is -0.144. The first-order chi connectivity index (χ1) is 34.2. The zero-order valence-corrected chi connectivity index (χ0v) is 41.3. The largest absolute Gasteiger partial charge is 0.370 e. The molecule has 8 amide bonds. The van der Waals surface area contributed by atoms with Gasteiger partial charge in [-0.3, -0.25) is 38.4 Å². The van der Waals surface area contributed by atoms with Gasteiger partial charge in [-0.2, -0.15) is 0 Å². The van der Waals surface area contributed by atoms with Crippen molar-refractivity contribution in [1.82, 2.24) is 46.5 Å². The van der Waals surface area contributed by atoms with Crippen LogP contribution in [-0.2, 0) is 44.8 Å². The molecular formula is C48H58N12O8S3. The summed E-state index contributed by atoms with van der Waals surface area (Å²) in [5.41, 5.74) is 18.9. The van der Waals surface area contributed by atoms with E-state index in [0.717, 1.165) is 49.5 Å².